The smallest absolute Gasteiger partial charge is 0.245 e. The second-order valence-electron chi connectivity index (χ2n) is 10.6. The number of hydrogen-bond acceptors (Lipinski definition) is 4. The molecule has 0 spiro atoms. The highest BCUT2D eigenvalue weighted by Crippen LogP contribution is 2.53. The van der Waals surface area contributed by atoms with Crippen LogP contribution in [-0.2, 0) is 20.7 Å². The molecule has 6 nitrogen and oxygen atoms in total. The maximum Gasteiger partial charge on any atom is 0.245 e. The van der Waals surface area contributed by atoms with E-state index in [4.69, 9.17) is 21.1 Å². The third-order valence-corrected chi connectivity index (χ3v) is 7.96. The van der Waals surface area contributed by atoms with Crippen LogP contribution in [0.3, 0.4) is 0 Å². The average molecular weight is 497 g/mol. The summed E-state index contributed by atoms with van der Waals surface area (Å²) in [6.45, 7) is 6.93. The van der Waals surface area contributed by atoms with Gasteiger partial charge in [0.1, 0.15) is 17.4 Å². The zero-order valence-corrected chi connectivity index (χ0v) is 21.3. The van der Waals surface area contributed by atoms with Gasteiger partial charge in [0.25, 0.3) is 0 Å². The minimum atomic E-state index is -0.577. The molecule has 3 aliphatic rings. The lowest BCUT2D eigenvalue weighted by Gasteiger charge is -2.53. The molecule has 0 unspecified atom stereocenters. The van der Waals surface area contributed by atoms with E-state index in [9.17, 15) is 9.59 Å². The van der Waals surface area contributed by atoms with Crippen molar-refractivity contribution in [3.8, 4) is 5.75 Å². The number of hydrogen-bond donors (Lipinski definition) is 1. The second-order valence-corrected chi connectivity index (χ2v) is 11.0. The monoisotopic (exact) mass is 496 g/mol. The number of nitrogens with one attached hydrogen (secondary N) is 1. The SMILES string of the molecule is CC(=O)N[C@@H](Cc1ccccc1)C(=O)N1CC[C@@H]2O[C@@H]3c4cc(Cl)ccc4OC(C)(C)[C@H]3C[C@@H]2C1. The molecule has 2 amide bonds. The number of benzene rings is 2. The van der Waals surface area contributed by atoms with Crippen LogP contribution in [0, 0.1) is 11.8 Å². The van der Waals surface area contributed by atoms with E-state index in [-0.39, 0.29) is 35.9 Å². The number of ether oxygens (including phenoxy) is 2. The summed E-state index contributed by atoms with van der Waals surface area (Å²) in [5.74, 6) is 0.982. The summed E-state index contributed by atoms with van der Waals surface area (Å²) < 4.78 is 13.1. The summed E-state index contributed by atoms with van der Waals surface area (Å²) in [7, 11) is 0. The molecular formula is C28H33ClN2O4. The Balaban J connectivity index is 1.33. The van der Waals surface area contributed by atoms with Crippen LogP contribution in [0.4, 0.5) is 0 Å². The number of halogens is 1. The van der Waals surface area contributed by atoms with Gasteiger partial charge in [0, 0.05) is 48.9 Å². The van der Waals surface area contributed by atoms with Crippen molar-refractivity contribution in [1.29, 1.82) is 0 Å². The van der Waals surface area contributed by atoms with Crippen LogP contribution in [0.15, 0.2) is 48.5 Å². The van der Waals surface area contributed by atoms with E-state index in [1.54, 1.807) is 0 Å². The van der Waals surface area contributed by atoms with Crippen molar-refractivity contribution < 1.29 is 19.1 Å². The molecule has 0 aliphatic carbocycles. The van der Waals surface area contributed by atoms with E-state index >= 15 is 0 Å². The van der Waals surface area contributed by atoms with Crippen LogP contribution in [0.1, 0.15) is 50.8 Å². The largest absolute Gasteiger partial charge is 0.487 e. The Hall–Kier alpha value is -2.57. The van der Waals surface area contributed by atoms with Crippen LogP contribution in [0.2, 0.25) is 5.02 Å². The average Bonchev–Trinajstić information content (AvgIpc) is 2.83. The first-order valence-electron chi connectivity index (χ1n) is 12.4. The molecule has 7 heteroatoms. The molecule has 3 aliphatic heterocycles. The van der Waals surface area contributed by atoms with Gasteiger partial charge in [-0.15, -0.1) is 0 Å². The van der Waals surface area contributed by atoms with Gasteiger partial charge in [-0.3, -0.25) is 9.59 Å². The molecule has 2 fully saturated rings. The molecule has 0 radical (unpaired) electrons. The molecule has 0 aromatic heterocycles. The number of nitrogens with zero attached hydrogens (tertiary/aromatic N) is 1. The van der Waals surface area contributed by atoms with Crippen LogP contribution < -0.4 is 10.1 Å². The predicted octanol–water partition coefficient (Wildman–Crippen LogP) is 4.55. The first-order chi connectivity index (χ1) is 16.7. The van der Waals surface area contributed by atoms with Gasteiger partial charge in [-0.25, -0.2) is 0 Å². The first kappa shape index (κ1) is 24.1. The zero-order valence-electron chi connectivity index (χ0n) is 20.5. The third kappa shape index (κ3) is 4.91. The topological polar surface area (TPSA) is 67.9 Å². The van der Waals surface area contributed by atoms with Crippen LogP contribution in [0.5, 0.6) is 5.75 Å². The normalized spacial score (nSPS) is 27.5. The van der Waals surface area contributed by atoms with Crippen molar-refractivity contribution in [3.05, 3.63) is 64.7 Å². The number of piperidine rings is 1. The van der Waals surface area contributed by atoms with Gasteiger partial charge in [0.05, 0.1) is 12.2 Å². The molecule has 5 atom stereocenters. The lowest BCUT2D eigenvalue weighted by atomic mass is 9.70. The third-order valence-electron chi connectivity index (χ3n) is 7.72. The summed E-state index contributed by atoms with van der Waals surface area (Å²) in [4.78, 5) is 27.4. The predicted molar refractivity (Wildman–Crippen MR) is 134 cm³/mol. The Bertz CT molecular complexity index is 1110. The van der Waals surface area contributed by atoms with E-state index in [0.717, 1.165) is 29.7 Å². The fraction of sp³-hybridized carbons (Fsp3) is 0.500. The van der Waals surface area contributed by atoms with Gasteiger partial charge >= 0.3 is 0 Å². The standard InChI is InChI=1S/C28H33ClN2O4/c1-17(32)30-23(13-18-7-5-4-6-8-18)27(33)31-12-11-24-19(16-31)14-22-26(34-24)21-15-20(29)9-10-25(21)35-28(22,2)3/h4-10,15,19,22-24,26H,11-14,16H2,1-3H3,(H,30,32)/t19-,22+,23+,24+,26-/m1/s1. The van der Waals surface area contributed by atoms with Crippen LogP contribution >= 0.6 is 11.6 Å². The number of carbonyl (C=O) groups excluding carboxylic acids is 2. The van der Waals surface area contributed by atoms with Gasteiger partial charge < -0.3 is 19.7 Å². The molecule has 186 valence electrons. The van der Waals surface area contributed by atoms with Crippen molar-refractivity contribution in [2.45, 2.75) is 63.9 Å². The Morgan fingerprint density at radius 3 is 2.71 bits per heavy atom. The van der Waals surface area contributed by atoms with Crippen molar-refractivity contribution >= 4 is 23.4 Å². The van der Waals surface area contributed by atoms with Gasteiger partial charge in [-0.1, -0.05) is 41.9 Å². The summed E-state index contributed by atoms with van der Waals surface area (Å²) in [6.07, 6.45) is 2.16. The summed E-state index contributed by atoms with van der Waals surface area (Å²) in [6, 6.07) is 15.0. The molecule has 5 rings (SSSR count). The Morgan fingerprint density at radius 1 is 1.20 bits per heavy atom. The molecule has 0 saturated carbocycles. The Labute approximate surface area is 211 Å². The molecule has 2 saturated heterocycles. The van der Waals surface area contributed by atoms with E-state index in [1.807, 2.05) is 53.4 Å². The zero-order chi connectivity index (χ0) is 24.7. The highest BCUT2D eigenvalue weighted by molar-refractivity contribution is 6.30. The van der Waals surface area contributed by atoms with Crippen molar-refractivity contribution in [3.63, 3.8) is 0 Å². The van der Waals surface area contributed by atoms with Crippen LogP contribution in [0.25, 0.3) is 0 Å². The fourth-order valence-corrected chi connectivity index (χ4v) is 6.18. The first-order valence-corrected chi connectivity index (χ1v) is 12.8. The molecular weight excluding hydrogens is 464 g/mol. The maximum absolute atomic E-state index is 13.6. The van der Waals surface area contributed by atoms with E-state index in [2.05, 4.69) is 19.2 Å². The highest BCUT2D eigenvalue weighted by atomic mass is 35.5. The van der Waals surface area contributed by atoms with Crippen molar-refractivity contribution in [2.75, 3.05) is 13.1 Å². The molecule has 35 heavy (non-hydrogen) atoms. The number of amides is 2. The van der Waals surface area contributed by atoms with Gasteiger partial charge in [0.15, 0.2) is 0 Å². The van der Waals surface area contributed by atoms with Crippen LogP contribution in [-0.4, -0.2) is 47.6 Å². The molecule has 2 aromatic carbocycles. The van der Waals surface area contributed by atoms with Gasteiger partial charge in [-0.2, -0.15) is 0 Å². The number of carbonyl (C=O) groups is 2. The Kier molecular flexibility index (Phi) is 6.53. The lowest BCUT2D eigenvalue weighted by Crippen LogP contribution is -2.58. The maximum atomic E-state index is 13.6. The Morgan fingerprint density at radius 2 is 1.97 bits per heavy atom. The summed E-state index contributed by atoms with van der Waals surface area (Å²) in [5, 5.41) is 3.56. The van der Waals surface area contributed by atoms with E-state index < -0.39 is 11.6 Å². The summed E-state index contributed by atoms with van der Waals surface area (Å²) >= 11 is 6.31. The number of fused-ring (bicyclic) bond motifs is 4. The van der Waals surface area contributed by atoms with Crippen molar-refractivity contribution in [2.24, 2.45) is 11.8 Å². The minimum Gasteiger partial charge on any atom is -0.487 e. The lowest BCUT2D eigenvalue weighted by molar-refractivity contribution is -0.189. The van der Waals surface area contributed by atoms with Crippen molar-refractivity contribution in [1.82, 2.24) is 10.2 Å². The van der Waals surface area contributed by atoms with E-state index in [0.29, 0.717) is 24.5 Å². The second kappa shape index (κ2) is 9.47. The quantitative estimate of drug-likeness (QED) is 0.674. The number of likely N-dealkylation sites (tertiary alicyclic amines) is 1. The highest BCUT2D eigenvalue weighted by Gasteiger charge is 2.51. The van der Waals surface area contributed by atoms with Gasteiger partial charge in [-0.05, 0) is 50.5 Å². The molecule has 0 bridgehead atoms. The fourth-order valence-electron chi connectivity index (χ4n) is 6.00. The van der Waals surface area contributed by atoms with E-state index in [1.165, 1.54) is 6.92 Å². The van der Waals surface area contributed by atoms with Gasteiger partial charge in [0.2, 0.25) is 11.8 Å². The minimum absolute atomic E-state index is 0.0269. The molecule has 3 heterocycles. The number of rotatable bonds is 4. The molecule has 1 N–H and O–H groups in total. The molecule has 2 aromatic rings. The summed E-state index contributed by atoms with van der Waals surface area (Å²) in [5.41, 5.74) is 1.65.